The number of allylic oxidation sites excluding steroid dienone is 1. The standard InChI is InChI=1S/C22H24O3/c1-2-24-22(23)17-16-20-14-12-19(13-15-20)9-5-4-8-18-25-21-10-6-3-7-11-21/h3,5-7,9-17H,2,4,8,18H2,1H3. The lowest BCUT2D eigenvalue weighted by atomic mass is 10.1. The minimum absolute atomic E-state index is 0.316. The molecule has 2 rings (SSSR count). The van der Waals surface area contributed by atoms with Gasteiger partial charge < -0.3 is 9.47 Å². The van der Waals surface area contributed by atoms with Gasteiger partial charge in [0.25, 0.3) is 0 Å². The van der Waals surface area contributed by atoms with Gasteiger partial charge in [-0.2, -0.15) is 0 Å². The van der Waals surface area contributed by atoms with E-state index in [1.807, 2.05) is 54.6 Å². The van der Waals surface area contributed by atoms with E-state index in [9.17, 15) is 4.79 Å². The van der Waals surface area contributed by atoms with Gasteiger partial charge in [-0.1, -0.05) is 54.6 Å². The Morgan fingerprint density at radius 3 is 2.32 bits per heavy atom. The fourth-order valence-electron chi connectivity index (χ4n) is 2.20. The van der Waals surface area contributed by atoms with Gasteiger partial charge in [-0.05, 0) is 49.1 Å². The number of para-hydroxylation sites is 1. The molecular formula is C22H24O3. The molecule has 0 radical (unpaired) electrons. The molecule has 130 valence electrons. The first-order valence-corrected chi connectivity index (χ1v) is 8.57. The van der Waals surface area contributed by atoms with Crippen LogP contribution in [0, 0.1) is 0 Å². The van der Waals surface area contributed by atoms with E-state index in [0.717, 1.165) is 29.7 Å². The van der Waals surface area contributed by atoms with Crippen LogP contribution in [-0.4, -0.2) is 19.2 Å². The van der Waals surface area contributed by atoms with Crippen LogP contribution in [-0.2, 0) is 9.53 Å². The van der Waals surface area contributed by atoms with Gasteiger partial charge in [-0.3, -0.25) is 0 Å². The maximum absolute atomic E-state index is 11.3. The smallest absolute Gasteiger partial charge is 0.330 e. The first-order chi connectivity index (χ1) is 12.3. The molecule has 0 aliphatic rings. The van der Waals surface area contributed by atoms with Crippen molar-refractivity contribution in [2.45, 2.75) is 19.8 Å². The second kappa shape index (κ2) is 10.9. The first-order valence-electron chi connectivity index (χ1n) is 8.57. The summed E-state index contributed by atoms with van der Waals surface area (Å²) >= 11 is 0. The van der Waals surface area contributed by atoms with E-state index >= 15 is 0 Å². The van der Waals surface area contributed by atoms with Crippen LogP contribution < -0.4 is 4.74 Å². The number of esters is 1. The largest absolute Gasteiger partial charge is 0.494 e. The van der Waals surface area contributed by atoms with Crippen molar-refractivity contribution in [3.63, 3.8) is 0 Å². The third kappa shape index (κ3) is 7.53. The first kappa shape index (κ1) is 18.5. The average Bonchev–Trinajstić information content (AvgIpc) is 2.65. The van der Waals surface area contributed by atoms with Crippen molar-refractivity contribution < 1.29 is 14.3 Å². The molecule has 0 atom stereocenters. The van der Waals surface area contributed by atoms with E-state index in [1.54, 1.807) is 13.0 Å². The molecule has 2 aromatic carbocycles. The minimum atomic E-state index is -0.316. The molecule has 0 heterocycles. The van der Waals surface area contributed by atoms with Crippen molar-refractivity contribution in [3.8, 4) is 5.75 Å². The quantitative estimate of drug-likeness (QED) is 0.361. The molecule has 0 unspecified atom stereocenters. The summed E-state index contributed by atoms with van der Waals surface area (Å²) in [6.07, 6.45) is 9.40. The third-order valence-corrected chi connectivity index (χ3v) is 3.47. The molecule has 0 saturated carbocycles. The Morgan fingerprint density at radius 1 is 0.960 bits per heavy atom. The van der Waals surface area contributed by atoms with Crippen LogP contribution in [0.5, 0.6) is 5.75 Å². The molecule has 0 amide bonds. The van der Waals surface area contributed by atoms with Crippen LogP contribution in [0.4, 0.5) is 0 Å². The third-order valence-electron chi connectivity index (χ3n) is 3.47. The van der Waals surface area contributed by atoms with Crippen molar-refractivity contribution in [1.82, 2.24) is 0 Å². The Hall–Kier alpha value is -2.81. The number of ether oxygens (including phenoxy) is 2. The normalized spacial score (nSPS) is 11.1. The topological polar surface area (TPSA) is 35.5 Å². The van der Waals surface area contributed by atoms with Gasteiger partial charge in [0.1, 0.15) is 5.75 Å². The second-order valence-corrected chi connectivity index (χ2v) is 5.46. The molecule has 0 fully saturated rings. The lowest BCUT2D eigenvalue weighted by Gasteiger charge is -2.03. The molecule has 0 aliphatic heterocycles. The fraction of sp³-hybridized carbons (Fsp3) is 0.227. The van der Waals surface area contributed by atoms with E-state index in [4.69, 9.17) is 9.47 Å². The fourth-order valence-corrected chi connectivity index (χ4v) is 2.20. The van der Waals surface area contributed by atoms with Crippen molar-refractivity contribution in [1.29, 1.82) is 0 Å². The molecule has 0 aromatic heterocycles. The molecule has 0 spiro atoms. The lowest BCUT2D eigenvalue weighted by molar-refractivity contribution is -0.137. The molecule has 0 saturated heterocycles. The lowest BCUT2D eigenvalue weighted by Crippen LogP contribution is -1.98. The summed E-state index contributed by atoms with van der Waals surface area (Å²) in [4.78, 5) is 11.3. The van der Waals surface area contributed by atoms with E-state index in [-0.39, 0.29) is 5.97 Å². The monoisotopic (exact) mass is 336 g/mol. The summed E-state index contributed by atoms with van der Waals surface area (Å²) in [5.74, 6) is 0.599. The zero-order chi connectivity index (χ0) is 17.7. The van der Waals surface area contributed by atoms with Gasteiger partial charge in [0.05, 0.1) is 13.2 Å². The Labute approximate surface area is 149 Å². The number of hydrogen-bond donors (Lipinski definition) is 0. The molecule has 3 nitrogen and oxygen atoms in total. The van der Waals surface area contributed by atoms with Gasteiger partial charge in [0, 0.05) is 6.08 Å². The van der Waals surface area contributed by atoms with Crippen LogP contribution in [0.3, 0.4) is 0 Å². The molecular weight excluding hydrogens is 312 g/mol. The van der Waals surface area contributed by atoms with Gasteiger partial charge >= 0.3 is 5.97 Å². The van der Waals surface area contributed by atoms with E-state index in [0.29, 0.717) is 13.2 Å². The predicted octanol–water partition coefficient (Wildman–Crippen LogP) is 5.14. The highest BCUT2D eigenvalue weighted by molar-refractivity contribution is 5.87. The molecule has 25 heavy (non-hydrogen) atoms. The summed E-state index contributed by atoms with van der Waals surface area (Å²) < 4.78 is 10.5. The minimum Gasteiger partial charge on any atom is -0.494 e. The number of benzene rings is 2. The van der Waals surface area contributed by atoms with E-state index < -0.39 is 0 Å². The molecule has 0 bridgehead atoms. The summed E-state index contributed by atoms with van der Waals surface area (Å²) in [5.41, 5.74) is 2.11. The van der Waals surface area contributed by atoms with Crippen LogP contribution in [0.15, 0.2) is 66.7 Å². The van der Waals surface area contributed by atoms with Gasteiger partial charge in [-0.25, -0.2) is 4.79 Å². The molecule has 0 N–H and O–H groups in total. The van der Waals surface area contributed by atoms with Crippen molar-refractivity contribution in [3.05, 3.63) is 77.9 Å². The van der Waals surface area contributed by atoms with Crippen molar-refractivity contribution >= 4 is 18.1 Å². The summed E-state index contributed by atoms with van der Waals surface area (Å²) in [6, 6.07) is 17.9. The van der Waals surface area contributed by atoms with Gasteiger partial charge in [0.15, 0.2) is 0 Å². The maximum Gasteiger partial charge on any atom is 0.330 e. The van der Waals surface area contributed by atoms with Crippen LogP contribution in [0.1, 0.15) is 30.9 Å². The van der Waals surface area contributed by atoms with E-state index in [2.05, 4.69) is 12.2 Å². The number of carbonyl (C=O) groups is 1. The Bertz CT molecular complexity index is 685. The van der Waals surface area contributed by atoms with Crippen molar-refractivity contribution in [2.24, 2.45) is 0 Å². The zero-order valence-corrected chi connectivity index (χ0v) is 14.6. The number of carbonyl (C=O) groups excluding carboxylic acids is 1. The molecule has 3 heteroatoms. The Balaban J connectivity index is 1.69. The van der Waals surface area contributed by atoms with Crippen LogP contribution in [0.25, 0.3) is 12.2 Å². The number of unbranched alkanes of at least 4 members (excludes halogenated alkanes) is 1. The van der Waals surface area contributed by atoms with Crippen molar-refractivity contribution in [2.75, 3.05) is 13.2 Å². The van der Waals surface area contributed by atoms with Crippen LogP contribution >= 0.6 is 0 Å². The Morgan fingerprint density at radius 2 is 1.64 bits per heavy atom. The predicted molar refractivity (Wildman–Crippen MR) is 102 cm³/mol. The summed E-state index contributed by atoms with van der Waals surface area (Å²) in [5, 5.41) is 0. The van der Waals surface area contributed by atoms with Gasteiger partial charge in [-0.15, -0.1) is 0 Å². The SMILES string of the molecule is CCOC(=O)C=Cc1ccc(C=CCCCOc2ccccc2)cc1. The highest BCUT2D eigenvalue weighted by atomic mass is 16.5. The zero-order valence-electron chi connectivity index (χ0n) is 14.6. The van der Waals surface area contributed by atoms with Crippen LogP contribution in [0.2, 0.25) is 0 Å². The van der Waals surface area contributed by atoms with Gasteiger partial charge in [0.2, 0.25) is 0 Å². The second-order valence-electron chi connectivity index (χ2n) is 5.46. The Kier molecular flexibility index (Phi) is 8.06. The summed E-state index contributed by atoms with van der Waals surface area (Å²) in [6.45, 7) is 2.90. The summed E-state index contributed by atoms with van der Waals surface area (Å²) in [7, 11) is 0. The highest BCUT2D eigenvalue weighted by Crippen LogP contribution is 2.11. The average molecular weight is 336 g/mol. The highest BCUT2D eigenvalue weighted by Gasteiger charge is 1.94. The number of rotatable bonds is 9. The maximum atomic E-state index is 11.3. The molecule has 2 aromatic rings. The molecule has 0 aliphatic carbocycles. The van der Waals surface area contributed by atoms with E-state index in [1.165, 1.54) is 6.08 Å². The number of hydrogen-bond acceptors (Lipinski definition) is 3.